The highest BCUT2D eigenvalue weighted by Gasteiger charge is 2.19. The van der Waals surface area contributed by atoms with Crippen molar-refractivity contribution >= 4 is 23.5 Å². The number of hydrogen-bond donors (Lipinski definition) is 0. The molecule has 0 unspecified atom stereocenters. The molecule has 1 aliphatic carbocycles. The van der Waals surface area contributed by atoms with Gasteiger partial charge in [-0.1, -0.05) is 68.8 Å². The van der Waals surface area contributed by atoms with E-state index in [0.29, 0.717) is 11.3 Å². The summed E-state index contributed by atoms with van der Waals surface area (Å²) < 4.78 is 5.34. The number of benzene rings is 2. The molecule has 0 amide bonds. The maximum atomic E-state index is 11.1. The number of methoxy groups -OCH3 is 1. The molecule has 2 heteroatoms. The summed E-state index contributed by atoms with van der Waals surface area (Å²) in [6.45, 7) is 6.51. The molecule has 0 N–H and O–H groups in total. The maximum absolute atomic E-state index is 11.1. The van der Waals surface area contributed by atoms with Crippen LogP contribution >= 0.6 is 0 Å². The summed E-state index contributed by atoms with van der Waals surface area (Å²) in [7, 11) is 1.59. The van der Waals surface area contributed by atoms with Gasteiger partial charge in [0.1, 0.15) is 5.75 Å². The minimum Gasteiger partial charge on any atom is -0.496 e. The van der Waals surface area contributed by atoms with E-state index >= 15 is 0 Å². The van der Waals surface area contributed by atoms with Gasteiger partial charge in [0.15, 0.2) is 6.29 Å². The molecule has 144 valence electrons. The Morgan fingerprint density at radius 1 is 1.21 bits per heavy atom. The first-order chi connectivity index (χ1) is 13.7. The van der Waals surface area contributed by atoms with Crippen molar-refractivity contribution in [2.75, 3.05) is 7.11 Å². The molecule has 3 rings (SSSR count). The van der Waals surface area contributed by atoms with Gasteiger partial charge in [-0.15, -0.1) is 0 Å². The summed E-state index contributed by atoms with van der Waals surface area (Å²) in [6.07, 6.45) is 13.0. The predicted molar refractivity (Wildman–Crippen MR) is 119 cm³/mol. The molecular weight excluding hydrogens is 344 g/mol. The van der Waals surface area contributed by atoms with Crippen LogP contribution < -0.4 is 4.74 Å². The molecule has 0 saturated carbocycles. The van der Waals surface area contributed by atoms with Gasteiger partial charge in [0.05, 0.1) is 12.7 Å². The van der Waals surface area contributed by atoms with Crippen LogP contribution in [0, 0.1) is 0 Å². The lowest BCUT2D eigenvalue weighted by atomic mass is 9.96. The van der Waals surface area contributed by atoms with E-state index in [9.17, 15) is 4.79 Å². The summed E-state index contributed by atoms with van der Waals surface area (Å²) in [5, 5.41) is 0. The van der Waals surface area contributed by atoms with Crippen molar-refractivity contribution in [1.29, 1.82) is 0 Å². The van der Waals surface area contributed by atoms with Crippen molar-refractivity contribution in [3.05, 3.63) is 82.9 Å². The van der Waals surface area contributed by atoms with E-state index in [1.807, 2.05) is 18.2 Å². The second kappa shape index (κ2) is 9.36. The van der Waals surface area contributed by atoms with Gasteiger partial charge in [0.25, 0.3) is 0 Å². The molecule has 0 saturated heterocycles. The van der Waals surface area contributed by atoms with Crippen LogP contribution in [-0.2, 0) is 6.42 Å². The standard InChI is InChI=1S/C26H28O2/c1-4-5-6-7-9-19(2)23-10-8-11-24-21(14-15-25(23)24)16-20-12-13-22(18-27)26(17-20)28-3/h7-13,16-18H,2,4-6,14-15H2,1,3H3/b9-7-,21-16+. The summed E-state index contributed by atoms with van der Waals surface area (Å²) in [6, 6.07) is 12.2. The zero-order chi connectivity index (χ0) is 19.9. The summed E-state index contributed by atoms with van der Waals surface area (Å²) in [5.41, 5.74) is 7.97. The highest BCUT2D eigenvalue weighted by atomic mass is 16.5. The average molecular weight is 373 g/mol. The van der Waals surface area contributed by atoms with Crippen molar-refractivity contribution in [2.24, 2.45) is 0 Å². The zero-order valence-corrected chi connectivity index (χ0v) is 16.8. The molecule has 0 spiro atoms. The smallest absolute Gasteiger partial charge is 0.153 e. The van der Waals surface area contributed by atoms with Gasteiger partial charge >= 0.3 is 0 Å². The number of allylic oxidation sites excluding steroid dienone is 4. The zero-order valence-electron chi connectivity index (χ0n) is 16.8. The molecule has 0 aliphatic heterocycles. The SMILES string of the molecule is C=C(/C=C\CCCC)c1cccc2c1CC/C2=C\c1ccc(C=O)c(OC)c1. The lowest BCUT2D eigenvalue weighted by Gasteiger charge is -2.09. The third kappa shape index (κ3) is 4.33. The lowest BCUT2D eigenvalue weighted by molar-refractivity contribution is 0.112. The van der Waals surface area contributed by atoms with E-state index in [-0.39, 0.29) is 0 Å². The monoisotopic (exact) mass is 372 g/mol. The van der Waals surface area contributed by atoms with Crippen LogP contribution in [0.1, 0.15) is 65.2 Å². The molecule has 2 aromatic rings. The second-order valence-corrected chi connectivity index (χ2v) is 7.19. The van der Waals surface area contributed by atoms with E-state index in [1.165, 1.54) is 35.1 Å². The van der Waals surface area contributed by atoms with Gasteiger partial charge in [-0.3, -0.25) is 4.79 Å². The second-order valence-electron chi connectivity index (χ2n) is 7.19. The molecule has 0 atom stereocenters. The number of fused-ring (bicyclic) bond motifs is 1. The Morgan fingerprint density at radius 2 is 2.07 bits per heavy atom. The first kappa shape index (κ1) is 19.9. The van der Waals surface area contributed by atoms with Crippen LogP contribution in [0.4, 0.5) is 0 Å². The maximum Gasteiger partial charge on any atom is 0.153 e. The van der Waals surface area contributed by atoms with E-state index < -0.39 is 0 Å². The molecule has 0 radical (unpaired) electrons. The van der Waals surface area contributed by atoms with Crippen LogP contribution in [0.15, 0.2) is 55.1 Å². The number of carbonyl (C=O) groups excluding carboxylic acids is 1. The van der Waals surface area contributed by atoms with Crippen LogP contribution in [0.5, 0.6) is 5.75 Å². The van der Waals surface area contributed by atoms with Gasteiger partial charge in [0, 0.05) is 0 Å². The van der Waals surface area contributed by atoms with Crippen molar-refractivity contribution in [1.82, 2.24) is 0 Å². The van der Waals surface area contributed by atoms with E-state index in [1.54, 1.807) is 7.11 Å². The van der Waals surface area contributed by atoms with Gasteiger partial charge in [0.2, 0.25) is 0 Å². The van der Waals surface area contributed by atoms with E-state index in [4.69, 9.17) is 4.74 Å². The number of unbranched alkanes of at least 4 members (excludes halogenated alkanes) is 2. The first-order valence-electron chi connectivity index (χ1n) is 9.99. The number of carbonyl (C=O) groups is 1. The summed E-state index contributed by atoms with van der Waals surface area (Å²) in [4.78, 5) is 11.1. The highest BCUT2D eigenvalue weighted by molar-refractivity contribution is 5.89. The topological polar surface area (TPSA) is 26.3 Å². The Bertz CT molecular complexity index is 931. The highest BCUT2D eigenvalue weighted by Crippen LogP contribution is 2.38. The van der Waals surface area contributed by atoms with Gasteiger partial charge in [-0.05, 0) is 64.8 Å². The van der Waals surface area contributed by atoms with Crippen LogP contribution in [-0.4, -0.2) is 13.4 Å². The fraction of sp³-hybridized carbons (Fsp3) is 0.269. The van der Waals surface area contributed by atoms with Crippen LogP contribution in [0.25, 0.3) is 17.2 Å². The Morgan fingerprint density at radius 3 is 2.82 bits per heavy atom. The van der Waals surface area contributed by atoms with Crippen LogP contribution in [0.3, 0.4) is 0 Å². The van der Waals surface area contributed by atoms with E-state index in [0.717, 1.165) is 36.7 Å². The largest absolute Gasteiger partial charge is 0.496 e. The molecular formula is C26H28O2. The summed E-state index contributed by atoms with van der Waals surface area (Å²) >= 11 is 0. The predicted octanol–water partition coefficient (Wildman–Crippen LogP) is 6.75. The third-order valence-electron chi connectivity index (χ3n) is 5.28. The molecule has 0 bridgehead atoms. The number of aldehydes is 1. The Balaban J connectivity index is 1.88. The molecule has 28 heavy (non-hydrogen) atoms. The fourth-order valence-corrected chi connectivity index (χ4v) is 3.76. The van der Waals surface area contributed by atoms with Crippen molar-refractivity contribution in [3.63, 3.8) is 0 Å². The molecule has 0 heterocycles. The average Bonchev–Trinajstić information content (AvgIpc) is 3.13. The molecule has 1 aliphatic rings. The molecule has 2 nitrogen and oxygen atoms in total. The Labute approximate surface area is 168 Å². The summed E-state index contributed by atoms with van der Waals surface area (Å²) in [5.74, 6) is 0.613. The van der Waals surface area contributed by atoms with Crippen molar-refractivity contribution in [2.45, 2.75) is 39.0 Å². The number of hydrogen-bond acceptors (Lipinski definition) is 2. The lowest BCUT2D eigenvalue weighted by Crippen LogP contribution is -1.91. The Kier molecular flexibility index (Phi) is 6.65. The normalized spacial score (nSPS) is 14.4. The Hall–Kier alpha value is -2.87. The minimum absolute atomic E-state index is 0.574. The van der Waals surface area contributed by atoms with Crippen molar-refractivity contribution in [3.8, 4) is 5.75 Å². The minimum atomic E-state index is 0.574. The van der Waals surface area contributed by atoms with Crippen molar-refractivity contribution < 1.29 is 9.53 Å². The number of ether oxygens (including phenoxy) is 1. The van der Waals surface area contributed by atoms with Gasteiger partial charge in [-0.25, -0.2) is 0 Å². The van der Waals surface area contributed by atoms with Gasteiger partial charge < -0.3 is 4.74 Å². The number of rotatable bonds is 8. The van der Waals surface area contributed by atoms with E-state index in [2.05, 4.69) is 49.9 Å². The fourth-order valence-electron chi connectivity index (χ4n) is 3.76. The van der Waals surface area contributed by atoms with Gasteiger partial charge in [-0.2, -0.15) is 0 Å². The third-order valence-corrected chi connectivity index (χ3v) is 5.28. The van der Waals surface area contributed by atoms with Crippen LogP contribution in [0.2, 0.25) is 0 Å². The quantitative estimate of drug-likeness (QED) is 0.291. The molecule has 0 aromatic heterocycles. The first-order valence-corrected chi connectivity index (χ1v) is 9.99. The molecule has 0 fully saturated rings. The molecule has 2 aromatic carbocycles.